The highest BCUT2D eigenvalue weighted by Crippen LogP contribution is 2.11. The van der Waals surface area contributed by atoms with E-state index in [1.807, 2.05) is 0 Å². The van der Waals surface area contributed by atoms with Gasteiger partial charge in [-0.05, 0) is 6.92 Å². The van der Waals surface area contributed by atoms with Crippen molar-refractivity contribution in [3.05, 3.63) is 0 Å². The molecule has 0 N–H and O–H groups in total. The van der Waals surface area contributed by atoms with Gasteiger partial charge in [0.25, 0.3) is 10.2 Å². The van der Waals surface area contributed by atoms with Crippen LogP contribution >= 0.6 is 0 Å². The highest BCUT2D eigenvalue weighted by atomic mass is 32.2. The molecule has 8 heteroatoms. The minimum absolute atomic E-state index is 0.0119. The topological polar surface area (TPSA) is 78.0 Å². The number of amides is 1. The Kier molecular flexibility index (Phi) is 5.45. The molecule has 1 rings (SSSR count). The maximum absolute atomic E-state index is 11.9. The first-order valence-corrected chi connectivity index (χ1v) is 7.59. The van der Waals surface area contributed by atoms with Crippen LogP contribution in [0.25, 0.3) is 0 Å². The maximum Gasteiger partial charge on any atom is 0.281 e. The monoisotopic (exact) mass is 291 g/mol. The molecule has 0 saturated carbocycles. The lowest BCUT2D eigenvalue weighted by Crippen LogP contribution is -2.53. The van der Waals surface area contributed by atoms with Gasteiger partial charge in [-0.15, -0.1) is 0 Å². The van der Waals surface area contributed by atoms with E-state index in [1.165, 1.54) is 29.6 Å². The van der Waals surface area contributed by atoms with Crippen molar-refractivity contribution in [2.75, 3.05) is 40.3 Å². The molecule has 0 aromatic heterocycles. The average molecular weight is 291 g/mol. The van der Waals surface area contributed by atoms with E-state index in [9.17, 15) is 18.0 Å². The van der Waals surface area contributed by atoms with E-state index >= 15 is 0 Å². The third-order valence-corrected chi connectivity index (χ3v) is 5.01. The summed E-state index contributed by atoms with van der Waals surface area (Å²) in [5.74, 6) is -0.0979. The van der Waals surface area contributed by atoms with E-state index in [1.54, 1.807) is 4.90 Å². The second-order valence-corrected chi connectivity index (χ2v) is 6.91. The van der Waals surface area contributed by atoms with Crippen molar-refractivity contribution in [3.8, 4) is 0 Å². The van der Waals surface area contributed by atoms with Crippen LogP contribution in [-0.2, 0) is 19.8 Å². The lowest BCUT2D eigenvalue weighted by molar-refractivity contribution is -0.134. The number of carbonyl (C=O) groups is 2. The Morgan fingerprint density at radius 2 is 1.58 bits per heavy atom. The number of rotatable bonds is 5. The van der Waals surface area contributed by atoms with Gasteiger partial charge in [-0.1, -0.05) is 0 Å². The standard InChI is InChI=1S/C11H21N3O4S/c1-10(15)4-5-11(16)13-6-8-14(9-7-13)19(17,18)12(2)3/h4-9H2,1-3H3. The minimum Gasteiger partial charge on any atom is -0.340 e. The number of ketones is 1. The zero-order valence-electron chi connectivity index (χ0n) is 11.6. The van der Waals surface area contributed by atoms with E-state index in [0.29, 0.717) is 26.2 Å². The zero-order valence-corrected chi connectivity index (χ0v) is 12.4. The van der Waals surface area contributed by atoms with Crippen LogP contribution < -0.4 is 0 Å². The Labute approximate surface area is 114 Å². The average Bonchev–Trinajstić information content (AvgIpc) is 2.35. The fraction of sp³-hybridized carbons (Fsp3) is 0.818. The molecule has 1 aliphatic rings. The molecule has 0 bridgehead atoms. The number of hydrogen-bond acceptors (Lipinski definition) is 4. The smallest absolute Gasteiger partial charge is 0.281 e. The van der Waals surface area contributed by atoms with Gasteiger partial charge in [0.05, 0.1) is 0 Å². The van der Waals surface area contributed by atoms with Crippen molar-refractivity contribution in [3.63, 3.8) is 0 Å². The van der Waals surface area contributed by atoms with Gasteiger partial charge in [-0.3, -0.25) is 4.79 Å². The van der Waals surface area contributed by atoms with Crippen molar-refractivity contribution < 1.29 is 18.0 Å². The van der Waals surface area contributed by atoms with Gasteiger partial charge in [0.15, 0.2) is 0 Å². The Bertz CT molecular complexity index is 439. The quantitative estimate of drug-likeness (QED) is 0.671. The largest absolute Gasteiger partial charge is 0.340 e. The van der Waals surface area contributed by atoms with E-state index in [0.717, 1.165) is 0 Å². The van der Waals surface area contributed by atoms with Crippen molar-refractivity contribution in [1.29, 1.82) is 0 Å². The van der Waals surface area contributed by atoms with Gasteiger partial charge >= 0.3 is 0 Å². The summed E-state index contributed by atoms with van der Waals surface area (Å²) >= 11 is 0. The summed E-state index contributed by atoms with van der Waals surface area (Å²) in [6.45, 7) is 2.81. The van der Waals surface area contributed by atoms with Crippen molar-refractivity contribution in [1.82, 2.24) is 13.5 Å². The predicted molar refractivity (Wildman–Crippen MR) is 70.7 cm³/mol. The molecule has 1 amide bonds. The molecule has 0 aromatic rings. The summed E-state index contributed by atoms with van der Waals surface area (Å²) in [6, 6.07) is 0. The predicted octanol–water partition coefficient (Wildman–Crippen LogP) is -0.694. The summed E-state index contributed by atoms with van der Waals surface area (Å²) in [5.41, 5.74) is 0. The van der Waals surface area contributed by atoms with Crippen LogP contribution in [-0.4, -0.2) is 73.9 Å². The van der Waals surface area contributed by atoms with Crippen LogP contribution in [0.5, 0.6) is 0 Å². The normalized spacial score (nSPS) is 17.8. The zero-order chi connectivity index (χ0) is 14.6. The van der Waals surface area contributed by atoms with Gasteiger partial charge in [0.1, 0.15) is 5.78 Å². The highest BCUT2D eigenvalue weighted by Gasteiger charge is 2.29. The molecule has 1 heterocycles. The lowest BCUT2D eigenvalue weighted by Gasteiger charge is -2.35. The fourth-order valence-corrected chi connectivity index (χ4v) is 2.93. The number of nitrogens with zero attached hydrogens (tertiary/aromatic N) is 3. The van der Waals surface area contributed by atoms with Gasteiger partial charge in [0, 0.05) is 53.1 Å². The fourth-order valence-electron chi connectivity index (χ4n) is 1.84. The van der Waals surface area contributed by atoms with E-state index < -0.39 is 10.2 Å². The first kappa shape index (κ1) is 16.1. The molecule has 110 valence electrons. The summed E-state index contributed by atoms with van der Waals surface area (Å²) < 4.78 is 26.3. The van der Waals surface area contributed by atoms with Gasteiger partial charge in [-0.2, -0.15) is 17.0 Å². The summed E-state index contributed by atoms with van der Waals surface area (Å²) in [4.78, 5) is 24.2. The second-order valence-electron chi connectivity index (χ2n) is 4.77. The summed E-state index contributed by atoms with van der Waals surface area (Å²) in [6.07, 6.45) is 0.449. The second kappa shape index (κ2) is 6.44. The SMILES string of the molecule is CC(=O)CCC(=O)N1CCN(S(=O)(=O)N(C)C)CC1. The molecule has 0 spiro atoms. The molecule has 1 fully saturated rings. The molecule has 1 aliphatic heterocycles. The first-order chi connectivity index (χ1) is 8.75. The Balaban J connectivity index is 2.49. The molecule has 1 saturated heterocycles. The Morgan fingerprint density at radius 1 is 1.05 bits per heavy atom. The van der Waals surface area contributed by atoms with Crippen LogP contribution in [0.15, 0.2) is 0 Å². The minimum atomic E-state index is -3.40. The molecular weight excluding hydrogens is 270 g/mol. The third-order valence-electron chi connectivity index (χ3n) is 3.07. The van der Waals surface area contributed by atoms with Gasteiger partial charge in [0.2, 0.25) is 5.91 Å². The van der Waals surface area contributed by atoms with Gasteiger partial charge in [-0.25, -0.2) is 0 Å². The Morgan fingerprint density at radius 3 is 2.00 bits per heavy atom. The van der Waals surface area contributed by atoms with Crippen molar-refractivity contribution in [2.45, 2.75) is 19.8 Å². The molecule has 19 heavy (non-hydrogen) atoms. The van der Waals surface area contributed by atoms with Crippen molar-refractivity contribution >= 4 is 21.9 Å². The molecule has 0 unspecified atom stereocenters. The molecular formula is C11H21N3O4S. The molecule has 0 aromatic carbocycles. The number of piperazine rings is 1. The molecule has 0 aliphatic carbocycles. The lowest BCUT2D eigenvalue weighted by atomic mass is 10.2. The summed E-state index contributed by atoms with van der Waals surface area (Å²) in [5, 5.41) is 0. The van der Waals surface area contributed by atoms with Crippen LogP contribution in [0.2, 0.25) is 0 Å². The number of Topliss-reactive ketones (excluding diaryl/α,β-unsaturated/α-hetero) is 1. The van der Waals surface area contributed by atoms with E-state index in [2.05, 4.69) is 0 Å². The first-order valence-electron chi connectivity index (χ1n) is 6.20. The molecule has 0 atom stereocenters. The van der Waals surface area contributed by atoms with E-state index in [4.69, 9.17) is 0 Å². The van der Waals surface area contributed by atoms with Crippen LogP contribution in [0.3, 0.4) is 0 Å². The van der Waals surface area contributed by atoms with Crippen molar-refractivity contribution in [2.24, 2.45) is 0 Å². The maximum atomic E-state index is 11.9. The molecule has 0 radical (unpaired) electrons. The van der Waals surface area contributed by atoms with Crippen LogP contribution in [0.4, 0.5) is 0 Å². The third kappa shape index (κ3) is 4.26. The highest BCUT2D eigenvalue weighted by molar-refractivity contribution is 7.86. The van der Waals surface area contributed by atoms with Gasteiger partial charge < -0.3 is 9.69 Å². The Hall–Kier alpha value is -0.990. The number of hydrogen-bond donors (Lipinski definition) is 0. The van der Waals surface area contributed by atoms with Crippen LogP contribution in [0.1, 0.15) is 19.8 Å². The van der Waals surface area contributed by atoms with Crippen LogP contribution in [0, 0.1) is 0 Å². The number of carbonyl (C=O) groups excluding carboxylic acids is 2. The molecule has 7 nitrogen and oxygen atoms in total. The van der Waals surface area contributed by atoms with E-state index in [-0.39, 0.29) is 24.5 Å². The summed E-state index contributed by atoms with van der Waals surface area (Å²) in [7, 11) is -0.429.